The van der Waals surface area contributed by atoms with E-state index in [2.05, 4.69) is 17.2 Å². The number of benzene rings is 2. The van der Waals surface area contributed by atoms with Crippen LogP contribution in [0.15, 0.2) is 66.9 Å². The van der Waals surface area contributed by atoms with Crippen molar-refractivity contribution < 1.29 is 19.1 Å². The number of ether oxygens (including phenoxy) is 2. The van der Waals surface area contributed by atoms with Gasteiger partial charge in [-0.15, -0.1) is 0 Å². The largest absolute Gasteiger partial charge is 0.465 e. The maximum Gasteiger partial charge on any atom is 0.319 e. The lowest BCUT2D eigenvalue weighted by atomic mass is 9.89. The minimum Gasteiger partial charge on any atom is -0.465 e. The van der Waals surface area contributed by atoms with Gasteiger partial charge in [-0.3, -0.25) is 4.79 Å². The summed E-state index contributed by atoms with van der Waals surface area (Å²) in [5.74, 6) is 0.362. The van der Waals surface area contributed by atoms with Crippen molar-refractivity contribution in [2.24, 2.45) is 11.8 Å². The van der Waals surface area contributed by atoms with Crippen molar-refractivity contribution in [2.75, 3.05) is 6.61 Å². The highest BCUT2D eigenvalue weighted by Crippen LogP contribution is 2.33. The molecule has 3 rings (SSSR count). The van der Waals surface area contributed by atoms with Crippen molar-refractivity contribution in [3.8, 4) is 11.5 Å². The number of esters is 1. The Labute approximate surface area is 164 Å². The summed E-state index contributed by atoms with van der Waals surface area (Å²) in [5.41, 5.74) is 1.05. The molecular weight excluding hydrogens is 356 g/mol. The summed E-state index contributed by atoms with van der Waals surface area (Å²) in [6.45, 7) is 8.09. The number of hydrogen-bond donors (Lipinski definition) is 2. The molecule has 1 aliphatic heterocycles. The predicted octanol–water partition coefficient (Wildman–Crippen LogP) is 4.16. The fourth-order valence-corrected chi connectivity index (χ4v) is 2.97. The summed E-state index contributed by atoms with van der Waals surface area (Å²) >= 11 is 0. The maximum absolute atomic E-state index is 12.7. The quantitative estimate of drug-likeness (QED) is 0.738. The van der Waals surface area contributed by atoms with Gasteiger partial charge in [0.15, 0.2) is 0 Å². The van der Waals surface area contributed by atoms with Gasteiger partial charge in [0.25, 0.3) is 0 Å². The Balaban J connectivity index is 1.85. The number of urea groups is 1. The van der Waals surface area contributed by atoms with Gasteiger partial charge in [0.05, 0.1) is 12.6 Å². The van der Waals surface area contributed by atoms with Crippen LogP contribution in [0.25, 0.3) is 0 Å². The zero-order chi connectivity index (χ0) is 20.1. The van der Waals surface area contributed by atoms with Crippen LogP contribution >= 0.6 is 0 Å². The fraction of sp³-hybridized carbons (Fsp3) is 0.273. The fourth-order valence-electron chi connectivity index (χ4n) is 2.97. The van der Waals surface area contributed by atoms with Crippen molar-refractivity contribution in [3.05, 3.63) is 72.4 Å². The Hall–Kier alpha value is -3.28. The smallest absolute Gasteiger partial charge is 0.319 e. The molecule has 2 amide bonds. The van der Waals surface area contributed by atoms with Gasteiger partial charge in [0, 0.05) is 5.70 Å². The summed E-state index contributed by atoms with van der Waals surface area (Å²) in [5, 5.41) is 5.38. The Morgan fingerprint density at radius 1 is 1.11 bits per heavy atom. The molecule has 2 aromatic rings. The monoisotopic (exact) mass is 380 g/mol. The van der Waals surface area contributed by atoms with Crippen LogP contribution in [0.2, 0.25) is 0 Å². The van der Waals surface area contributed by atoms with Gasteiger partial charge in [-0.2, -0.15) is 0 Å². The van der Waals surface area contributed by atoms with Gasteiger partial charge >= 0.3 is 12.0 Å². The van der Waals surface area contributed by atoms with E-state index < -0.39 is 24.0 Å². The average Bonchev–Trinajstić information content (AvgIpc) is 2.66. The first-order valence-electron chi connectivity index (χ1n) is 9.20. The predicted molar refractivity (Wildman–Crippen MR) is 106 cm³/mol. The van der Waals surface area contributed by atoms with Gasteiger partial charge in [-0.25, -0.2) is 4.79 Å². The lowest BCUT2D eigenvalue weighted by Gasteiger charge is -2.33. The van der Waals surface area contributed by atoms with E-state index in [4.69, 9.17) is 9.47 Å². The highest BCUT2D eigenvalue weighted by atomic mass is 16.5. The third kappa shape index (κ3) is 4.71. The molecule has 2 atom stereocenters. The molecular formula is C22H24N2O4. The molecule has 1 heterocycles. The lowest BCUT2D eigenvalue weighted by molar-refractivity contribution is -0.149. The number of nitrogens with one attached hydrogen (secondary N) is 2. The van der Waals surface area contributed by atoms with Crippen LogP contribution < -0.4 is 15.4 Å². The molecule has 1 saturated heterocycles. The average molecular weight is 380 g/mol. The lowest BCUT2D eigenvalue weighted by Crippen LogP contribution is -2.51. The van der Waals surface area contributed by atoms with E-state index in [0.717, 1.165) is 5.56 Å². The molecule has 2 unspecified atom stereocenters. The second kappa shape index (κ2) is 8.61. The second-order valence-electron chi connectivity index (χ2n) is 7.09. The zero-order valence-electron chi connectivity index (χ0n) is 16.0. The van der Waals surface area contributed by atoms with E-state index >= 15 is 0 Å². The Morgan fingerprint density at radius 2 is 1.82 bits per heavy atom. The molecule has 2 N–H and O–H groups in total. The SMILES string of the molecule is C=C1NC(=O)NC(c2cccc(Oc3ccccc3)c2)C1C(=O)OCC(C)C. The van der Waals surface area contributed by atoms with Crippen molar-refractivity contribution >= 4 is 12.0 Å². The van der Waals surface area contributed by atoms with Crippen LogP contribution in [-0.2, 0) is 9.53 Å². The van der Waals surface area contributed by atoms with Gasteiger partial charge in [-0.05, 0) is 35.7 Å². The molecule has 0 radical (unpaired) electrons. The number of carbonyl (C=O) groups is 2. The van der Waals surface area contributed by atoms with Gasteiger partial charge in [0.2, 0.25) is 0 Å². The summed E-state index contributed by atoms with van der Waals surface area (Å²) in [7, 11) is 0. The summed E-state index contributed by atoms with van der Waals surface area (Å²) in [6.07, 6.45) is 0. The van der Waals surface area contributed by atoms with Crippen LogP contribution in [0.1, 0.15) is 25.5 Å². The van der Waals surface area contributed by atoms with Gasteiger partial charge in [-0.1, -0.05) is 50.8 Å². The van der Waals surface area contributed by atoms with Crippen LogP contribution in [0, 0.1) is 11.8 Å². The zero-order valence-corrected chi connectivity index (χ0v) is 16.0. The molecule has 2 aromatic carbocycles. The number of hydrogen-bond acceptors (Lipinski definition) is 4. The van der Waals surface area contributed by atoms with Crippen LogP contribution in [0.3, 0.4) is 0 Å². The summed E-state index contributed by atoms with van der Waals surface area (Å²) < 4.78 is 11.3. The molecule has 0 saturated carbocycles. The molecule has 1 aliphatic rings. The van der Waals surface area contributed by atoms with Crippen LogP contribution in [-0.4, -0.2) is 18.6 Å². The molecule has 28 heavy (non-hydrogen) atoms. The van der Waals surface area contributed by atoms with Crippen molar-refractivity contribution in [2.45, 2.75) is 19.9 Å². The van der Waals surface area contributed by atoms with Crippen molar-refractivity contribution in [1.29, 1.82) is 0 Å². The third-order valence-corrected chi connectivity index (χ3v) is 4.28. The first kappa shape index (κ1) is 19.5. The third-order valence-electron chi connectivity index (χ3n) is 4.28. The first-order chi connectivity index (χ1) is 13.4. The minimum absolute atomic E-state index is 0.212. The molecule has 6 heteroatoms. The van der Waals surface area contributed by atoms with Crippen LogP contribution in [0.5, 0.6) is 11.5 Å². The van der Waals surface area contributed by atoms with Gasteiger partial charge < -0.3 is 20.1 Å². The Morgan fingerprint density at radius 3 is 2.54 bits per heavy atom. The Bertz CT molecular complexity index is 864. The number of amides is 2. The first-order valence-corrected chi connectivity index (χ1v) is 9.20. The topological polar surface area (TPSA) is 76.7 Å². The maximum atomic E-state index is 12.7. The highest BCUT2D eigenvalue weighted by molar-refractivity contribution is 5.85. The van der Waals surface area contributed by atoms with E-state index in [1.807, 2.05) is 62.4 Å². The molecule has 1 fully saturated rings. The molecule has 0 aliphatic carbocycles. The van der Waals surface area contributed by atoms with E-state index in [0.29, 0.717) is 23.8 Å². The second-order valence-corrected chi connectivity index (χ2v) is 7.09. The minimum atomic E-state index is -0.733. The summed E-state index contributed by atoms with van der Waals surface area (Å²) in [4.78, 5) is 24.7. The number of carbonyl (C=O) groups excluding carboxylic acids is 2. The summed E-state index contributed by atoms with van der Waals surface area (Å²) in [6, 6.07) is 15.7. The molecule has 6 nitrogen and oxygen atoms in total. The van der Waals surface area contributed by atoms with E-state index in [1.165, 1.54) is 0 Å². The number of para-hydroxylation sites is 1. The number of rotatable bonds is 6. The van der Waals surface area contributed by atoms with Crippen molar-refractivity contribution in [3.63, 3.8) is 0 Å². The van der Waals surface area contributed by atoms with E-state index in [1.54, 1.807) is 6.07 Å². The highest BCUT2D eigenvalue weighted by Gasteiger charge is 2.39. The van der Waals surface area contributed by atoms with Crippen molar-refractivity contribution in [1.82, 2.24) is 10.6 Å². The Kier molecular flexibility index (Phi) is 5.99. The van der Waals surface area contributed by atoms with Gasteiger partial charge in [0.1, 0.15) is 17.4 Å². The molecule has 0 bridgehead atoms. The molecule has 146 valence electrons. The molecule has 0 aromatic heterocycles. The van der Waals surface area contributed by atoms with E-state index in [9.17, 15) is 9.59 Å². The van der Waals surface area contributed by atoms with E-state index in [-0.39, 0.29) is 5.92 Å². The molecule has 0 spiro atoms. The van der Waals surface area contributed by atoms with Crippen LogP contribution in [0.4, 0.5) is 4.79 Å². The standard InChI is InChI=1S/C22H24N2O4/c1-14(2)13-27-21(25)19-15(3)23-22(26)24-20(19)16-8-7-11-18(12-16)28-17-9-5-4-6-10-17/h4-12,14,19-20H,3,13H2,1-2H3,(H2,23,24,26). The normalized spacial score (nSPS) is 19.0.